The third-order valence-electron chi connectivity index (χ3n) is 4.40. The van der Waals surface area contributed by atoms with Crippen LogP contribution in [0.25, 0.3) is 0 Å². The molecule has 112 valence electrons. The van der Waals surface area contributed by atoms with Crippen molar-refractivity contribution in [1.82, 2.24) is 0 Å². The van der Waals surface area contributed by atoms with Gasteiger partial charge >= 0.3 is 0 Å². The molecular weight excluding hydrogens is 248 g/mol. The highest BCUT2D eigenvalue weighted by atomic mass is 16.5. The van der Waals surface area contributed by atoms with Crippen molar-refractivity contribution in [3.05, 3.63) is 29.3 Å². The van der Waals surface area contributed by atoms with Gasteiger partial charge in [-0.05, 0) is 36.1 Å². The fraction of sp³-hybridized carbons (Fsp3) is 0.647. The standard InChI is InChI=1S/C17H28N2O/c1-14(2)17-6-5-16(13-15(17)3)20-12-11-19-9-7-18(4)8-10-19/h5-6,13-14H,7-12H2,1-4H3/p+2. The Bertz CT molecular complexity index is 423. The molecule has 0 amide bonds. The minimum absolute atomic E-state index is 0.585. The van der Waals surface area contributed by atoms with E-state index in [-0.39, 0.29) is 0 Å². The Kier molecular flexibility index (Phi) is 5.44. The lowest BCUT2D eigenvalue weighted by atomic mass is 9.98. The highest BCUT2D eigenvalue weighted by molar-refractivity contribution is 5.36. The van der Waals surface area contributed by atoms with Gasteiger partial charge in [0.05, 0.1) is 7.05 Å². The van der Waals surface area contributed by atoms with E-state index >= 15 is 0 Å². The van der Waals surface area contributed by atoms with E-state index in [0.717, 1.165) is 18.9 Å². The van der Waals surface area contributed by atoms with Gasteiger partial charge in [0, 0.05) is 0 Å². The van der Waals surface area contributed by atoms with Crippen LogP contribution in [0.3, 0.4) is 0 Å². The second-order valence-electron chi connectivity index (χ2n) is 6.48. The molecular formula is C17H30N2O+2. The van der Waals surface area contributed by atoms with E-state index < -0.39 is 0 Å². The number of hydrogen-bond donors (Lipinski definition) is 2. The van der Waals surface area contributed by atoms with E-state index in [1.807, 2.05) is 0 Å². The number of nitrogens with one attached hydrogen (secondary N) is 2. The quantitative estimate of drug-likeness (QED) is 0.770. The van der Waals surface area contributed by atoms with Gasteiger partial charge in [0.2, 0.25) is 0 Å². The van der Waals surface area contributed by atoms with Crippen molar-refractivity contribution in [3.63, 3.8) is 0 Å². The van der Waals surface area contributed by atoms with Crippen LogP contribution >= 0.6 is 0 Å². The van der Waals surface area contributed by atoms with Crippen LogP contribution in [0.5, 0.6) is 5.75 Å². The molecule has 1 aromatic carbocycles. The summed E-state index contributed by atoms with van der Waals surface area (Å²) in [5.41, 5.74) is 2.76. The third-order valence-corrected chi connectivity index (χ3v) is 4.40. The summed E-state index contributed by atoms with van der Waals surface area (Å²) in [6.07, 6.45) is 0. The lowest BCUT2D eigenvalue weighted by Crippen LogP contribution is -3.27. The summed E-state index contributed by atoms with van der Waals surface area (Å²) < 4.78 is 5.92. The van der Waals surface area contributed by atoms with E-state index in [4.69, 9.17) is 4.74 Å². The molecule has 0 unspecified atom stereocenters. The fourth-order valence-electron chi connectivity index (χ4n) is 2.98. The molecule has 0 aromatic heterocycles. The Hall–Kier alpha value is -1.06. The molecule has 1 saturated heterocycles. The number of rotatable bonds is 5. The molecule has 1 aliphatic rings. The number of benzene rings is 1. The molecule has 1 aromatic rings. The van der Waals surface area contributed by atoms with Gasteiger partial charge < -0.3 is 14.5 Å². The van der Waals surface area contributed by atoms with E-state index in [1.165, 1.54) is 37.3 Å². The van der Waals surface area contributed by atoms with Crippen LogP contribution in [0.2, 0.25) is 0 Å². The van der Waals surface area contributed by atoms with E-state index in [2.05, 4.69) is 46.0 Å². The van der Waals surface area contributed by atoms with E-state index in [1.54, 1.807) is 9.80 Å². The molecule has 0 spiro atoms. The van der Waals surface area contributed by atoms with Crippen LogP contribution in [-0.2, 0) is 0 Å². The zero-order chi connectivity index (χ0) is 14.5. The summed E-state index contributed by atoms with van der Waals surface area (Å²) in [6.45, 7) is 13.7. The number of hydrogen-bond acceptors (Lipinski definition) is 1. The van der Waals surface area contributed by atoms with Gasteiger partial charge in [0.25, 0.3) is 0 Å². The molecule has 0 aliphatic carbocycles. The molecule has 1 aliphatic heterocycles. The van der Waals surface area contributed by atoms with Crippen LogP contribution in [-0.4, -0.2) is 46.4 Å². The largest absolute Gasteiger partial charge is 0.488 e. The first-order chi connectivity index (χ1) is 9.56. The van der Waals surface area contributed by atoms with Gasteiger partial charge in [0.1, 0.15) is 45.1 Å². The first-order valence-electron chi connectivity index (χ1n) is 7.94. The fourth-order valence-corrected chi connectivity index (χ4v) is 2.98. The van der Waals surface area contributed by atoms with E-state index in [0.29, 0.717) is 5.92 Å². The van der Waals surface area contributed by atoms with Gasteiger partial charge in [0.15, 0.2) is 0 Å². The molecule has 2 N–H and O–H groups in total. The Balaban J connectivity index is 1.78. The minimum Gasteiger partial charge on any atom is -0.488 e. The molecule has 0 saturated carbocycles. The van der Waals surface area contributed by atoms with Crippen molar-refractivity contribution >= 4 is 0 Å². The third kappa shape index (κ3) is 4.22. The van der Waals surface area contributed by atoms with Gasteiger partial charge in [-0.25, -0.2) is 0 Å². The second-order valence-corrected chi connectivity index (χ2v) is 6.48. The second kappa shape index (κ2) is 7.09. The lowest BCUT2D eigenvalue weighted by molar-refractivity contribution is -1.00. The molecule has 20 heavy (non-hydrogen) atoms. The van der Waals surface area contributed by atoms with Crippen LogP contribution in [0, 0.1) is 6.92 Å². The Morgan fingerprint density at radius 3 is 2.45 bits per heavy atom. The number of likely N-dealkylation sites (N-methyl/N-ethyl adjacent to an activating group) is 1. The summed E-state index contributed by atoms with van der Waals surface area (Å²) in [4.78, 5) is 3.35. The van der Waals surface area contributed by atoms with Crippen LogP contribution in [0.1, 0.15) is 30.9 Å². The highest BCUT2D eigenvalue weighted by Crippen LogP contribution is 2.23. The van der Waals surface area contributed by atoms with Crippen molar-refractivity contribution in [3.8, 4) is 5.75 Å². The van der Waals surface area contributed by atoms with Crippen LogP contribution in [0.15, 0.2) is 18.2 Å². The maximum absolute atomic E-state index is 5.92. The summed E-state index contributed by atoms with van der Waals surface area (Å²) in [7, 11) is 2.28. The van der Waals surface area contributed by atoms with Gasteiger partial charge in [-0.3, -0.25) is 0 Å². The predicted molar refractivity (Wildman–Crippen MR) is 82.9 cm³/mol. The smallest absolute Gasteiger partial charge is 0.137 e. The van der Waals surface area contributed by atoms with Crippen LogP contribution < -0.4 is 14.5 Å². The number of quaternary nitrogens is 2. The van der Waals surface area contributed by atoms with Gasteiger partial charge in [-0.15, -0.1) is 0 Å². The maximum atomic E-state index is 5.92. The summed E-state index contributed by atoms with van der Waals surface area (Å²) in [6, 6.07) is 6.51. The number of ether oxygens (including phenoxy) is 1. The first-order valence-corrected chi connectivity index (χ1v) is 7.94. The molecule has 3 nitrogen and oxygen atoms in total. The van der Waals surface area contributed by atoms with Crippen molar-refractivity contribution in [1.29, 1.82) is 0 Å². The maximum Gasteiger partial charge on any atom is 0.137 e. The normalized spacial score (nSPS) is 23.1. The zero-order valence-electron chi connectivity index (χ0n) is 13.5. The van der Waals surface area contributed by atoms with Crippen LogP contribution in [0.4, 0.5) is 0 Å². The average molecular weight is 278 g/mol. The molecule has 1 fully saturated rings. The SMILES string of the molecule is Cc1cc(OCC[NH+]2CC[NH+](C)CC2)ccc1C(C)C. The van der Waals surface area contributed by atoms with Crippen molar-refractivity contribution < 1.29 is 14.5 Å². The number of aryl methyl sites for hydroxylation is 1. The summed E-state index contributed by atoms with van der Waals surface area (Å²) in [5, 5.41) is 0. The Morgan fingerprint density at radius 2 is 1.85 bits per heavy atom. The molecule has 1 heterocycles. The predicted octanol–water partition coefficient (Wildman–Crippen LogP) is -0.0896. The Labute approximate surface area is 123 Å². The molecule has 0 bridgehead atoms. The summed E-state index contributed by atoms with van der Waals surface area (Å²) in [5.74, 6) is 1.60. The average Bonchev–Trinajstić information content (AvgIpc) is 2.41. The highest BCUT2D eigenvalue weighted by Gasteiger charge is 2.19. The summed E-state index contributed by atoms with van der Waals surface area (Å²) >= 11 is 0. The first kappa shape index (κ1) is 15.3. The zero-order valence-corrected chi connectivity index (χ0v) is 13.5. The van der Waals surface area contributed by atoms with Gasteiger partial charge in [-0.1, -0.05) is 19.9 Å². The van der Waals surface area contributed by atoms with Crippen molar-refractivity contribution in [2.24, 2.45) is 0 Å². The van der Waals surface area contributed by atoms with Crippen molar-refractivity contribution in [2.75, 3.05) is 46.4 Å². The molecule has 0 radical (unpaired) electrons. The lowest BCUT2D eigenvalue weighted by Gasteiger charge is -2.27. The Morgan fingerprint density at radius 1 is 1.15 bits per heavy atom. The topological polar surface area (TPSA) is 18.1 Å². The number of piperazine rings is 1. The molecule has 2 rings (SSSR count). The molecule has 0 atom stereocenters. The van der Waals surface area contributed by atoms with Gasteiger partial charge in [-0.2, -0.15) is 0 Å². The molecule has 3 heteroatoms. The minimum atomic E-state index is 0.585. The monoisotopic (exact) mass is 278 g/mol. The van der Waals surface area contributed by atoms with Crippen molar-refractivity contribution in [2.45, 2.75) is 26.7 Å². The van der Waals surface area contributed by atoms with E-state index in [9.17, 15) is 0 Å².